The molecule has 1 unspecified atom stereocenters. The molecule has 28 heavy (non-hydrogen) atoms. The highest BCUT2D eigenvalue weighted by Gasteiger charge is 2.32. The molecular weight excluding hydrogens is 366 g/mol. The molecule has 1 saturated heterocycles. The van der Waals surface area contributed by atoms with Crippen molar-refractivity contribution in [2.75, 3.05) is 48.0 Å². The van der Waals surface area contributed by atoms with Gasteiger partial charge < -0.3 is 24.4 Å². The molecule has 1 aliphatic heterocycles. The fourth-order valence-corrected chi connectivity index (χ4v) is 3.05. The number of rotatable bonds is 8. The fourth-order valence-electron chi connectivity index (χ4n) is 3.05. The van der Waals surface area contributed by atoms with Crippen LogP contribution in [0.15, 0.2) is 18.2 Å². The van der Waals surface area contributed by atoms with E-state index < -0.39 is 12.0 Å². The van der Waals surface area contributed by atoms with E-state index in [1.807, 2.05) is 23.1 Å². The number of nitrogens with one attached hydrogen (secondary N) is 1. The van der Waals surface area contributed by atoms with E-state index in [2.05, 4.69) is 10.1 Å². The smallest absolute Gasteiger partial charge is 0.325 e. The lowest BCUT2D eigenvalue weighted by atomic mass is 10.1. The Morgan fingerprint density at radius 1 is 1.21 bits per heavy atom. The van der Waals surface area contributed by atoms with Crippen LogP contribution in [-0.2, 0) is 25.7 Å². The third-order valence-corrected chi connectivity index (χ3v) is 4.66. The second-order valence-corrected chi connectivity index (χ2v) is 6.50. The minimum atomic E-state index is -0.616. The van der Waals surface area contributed by atoms with Crippen LogP contribution in [0.2, 0.25) is 0 Å². The van der Waals surface area contributed by atoms with Gasteiger partial charge in [0.05, 0.1) is 33.8 Å². The number of ether oxygens (including phenoxy) is 3. The summed E-state index contributed by atoms with van der Waals surface area (Å²) < 4.78 is 15.2. The number of piperazine rings is 1. The minimum absolute atomic E-state index is 0.0212. The van der Waals surface area contributed by atoms with Crippen LogP contribution < -0.4 is 14.8 Å². The van der Waals surface area contributed by atoms with Gasteiger partial charge in [-0.3, -0.25) is 19.3 Å². The van der Waals surface area contributed by atoms with E-state index in [0.29, 0.717) is 31.1 Å². The molecule has 1 N–H and O–H groups in total. The van der Waals surface area contributed by atoms with Gasteiger partial charge in [0.1, 0.15) is 6.54 Å². The van der Waals surface area contributed by atoms with Gasteiger partial charge in [-0.05, 0) is 17.7 Å². The highest BCUT2D eigenvalue weighted by atomic mass is 16.5. The predicted octanol–water partition coefficient (Wildman–Crippen LogP) is 0.0257. The quantitative estimate of drug-likeness (QED) is 0.622. The van der Waals surface area contributed by atoms with Gasteiger partial charge in [-0.1, -0.05) is 6.07 Å². The molecule has 9 nitrogen and oxygen atoms in total. The number of likely N-dealkylation sites (N-methyl/N-ethyl adjacent to an activating group) is 1. The number of methoxy groups -OCH3 is 3. The van der Waals surface area contributed by atoms with Crippen LogP contribution in [0.5, 0.6) is 11.5 Å². The Hall–Kier alpha value is -2.81. The first-order valence-electron chi connectivity index (χ1n) is 8.93. The van der Waals surface area contributed by atoms with Crippen molar-refractivity contribution in [2.45, 2.75) is 19.0 Å². The largest absolute Gasteiger partial charge is 0.493 e. The van der Waals surface area contributed by atoms with Crippen molar-refractivity contribution in [1.82, 2.24) is 15.1 Å². The lowest BCUT2D eigenvalue weighted by molar-refractivity contribution is -0.147. The van der Waals surface area contributed by atoms with E-state index in [1.165, 1.54) is 19.1 Å². The molecule has 1 fully saturated rings. The van der Waals surface area contributed by atoms with E-state index in [4.69, 9.17) is 9.47 Å². The molecule has 1 aliphatic rings. The van der Waals surface area contributed by atoms with Crippen LogP contribution in [0.1, 0.15) is 12.0 Å². The molecule has 0 saturated carbocycles. The molecule has 2 amide bonds. The average Bonchev–Trinajstić information content (AvgIpc) is 2.70. The molecule has 154 valence electrons. The maximum atomic E-state index is 12.5. The summed E-state index contributed by atoms with van der Waals surface area (Å²) in [6.07, 6.45) is -0.0212. The summed E-state index contributed by atoms with van der Waals surface area (Å²) in [4.78, 5) is 39.4. The Morgan fingerprint density at radius 2 is 1.93 bits per heavy atom. The van der Waals surface area contributed by atoms with Gasteiger partial charge in [-0.25, -0.2) is 0 Å². The molecule has 0 aromatic heterocycles. The Kier molecular flexibility index (Phi) is 7.62. The molecule has 0 radical (unpaired) electrons. The third-order valence-electron chi connectivity index (χ3n) is 4.66. The monoisotopic (exact) mass is 393 g/mol. The summed E-state index contributed by atoms with van der Waals surface area (Å²) in [6, 6.07) is 4.95. The van der Waals surface area contributed by atoms with Crippen molar-refractivity contribution in [3.63, 3.8) is 0 Å². The molecule has 0 spiro atoms. The van der Waals surface area contributed by atoms with Crippen LogP contribution in [0.3, 0.4) is 0 Å². The van der Waals surface area contributed by atoms with Crippen LogP contribution in [0, 0.1) is 0 Å². The van der Waals surface area contributed by atoms with Crippen molar-refractivity contribution in [3.8, 4) is 11.5 Å². The lowest BCUT2D eigenvalue weighted by Gasteiger charge is -2.35. The number of amides is 2. The molecule has 9 heteroatoms. The van der Waals surface area contributed by atoms with E-state index in [0.717, 1.165) is 5.56 Å². The van der Waals surface area contributed by atoms with Crippen molar-refractivity contribution in [3.05, 3.63) is 23.8 Å². The number of benzene rings is 1. The molecular formula is C19H27N3O6. The zero-order valence-corrected chi connectivity index (χ0v) is 16.7. The van der Waals surface area contributed by atoms with E-state index in [-0.39, 0.29) is 24.8 Å². The summed E-state index contributed by atoms with van der Waals surface area (Å²) in [5.74, 6) is 0.216. The second-order valence-electron chi connectivity index (χ2n) is 6.50. The third kappa shape index (κ3) is 5.35. The molecule has 0 bridgehead atoms. The van der Waals surface area contributed by atoms with Gasteiger partial charge in [0.15, 0.2) is 11.5 Å². The van der Waals surface area contributed by atoms with Crippen LogP contribution >= 0.6 is 0 Å². The molecule has 1 atom stereocenters. The molecule has 1 aromatic carbocycles. The summed E-state index contributed by atoms with van der Waals surface area (Å²) in [5, 5.41) is 2.80. The standard InChI is InChI=1S/C19H27N3O6/c1-21(12-18(24)28-4)17(23)10-14-19(25)20-7-8-22(14)11-13-5-6-15(26-2)16(9-13)27-3/h5-6,9,14H,7-8,10-12H2,1-4H3,(H,20,25). The summed E-state index contributed by atoms with van der Waals surface area (Å²) in [5.41, 5.74) is 0.938. The molecule has 2 rings (SSSR count). The average molecular weight is 393 g/mol. The number of carbonyl (C=O) groups is 3. The second kappa shape index (κ2) is 9.93. The SMILES string of the molecule is COC(=O)CN(C)C(=O)CC1C(=O)NCCN1Cc1ccc(OC)c(OC)c1. The predicted molar refractivity (Wildman–Crippen MR) is 101 cm³/mol. The van der Waals surface area contributed by atoms with Gasteiger partial charge in [-0.2, -0.15) is 0 Å². The Bertz CT molecular complexity index is 724. The highest BCUT2D eigenvalue weighted by Crippen LogP contribution is 2.28. The van der Waals surface area contributed by atoms with Crippen molar-refractivity contribution in [2.24, 2.45) is 0 Å². The van der Waals surface area contributed by atoms with Gasteiger partial charge in [0.25, 0.3) is 0 Å². The van der Waals surface area contributed by atoms with Crippen molar-refractivity contribution < 1.29 is 28.6 Å². The van der Waals surface area contributed by atoms with Crippen molar-refractivity contribution in [1.29, 1.82) is 0 Å². The summed E-state index contributed by atoms with van der Waals surface area (Å²) >= 11 is 0. The van der Waals surface area contributed by atoms with Gasteiger partial charge in [-0.15, -0.1) is 0 Å². The number of esters is 1. The van der Waals surface area contributed by atoms with Gasteiger partial charge in [0, 0.05) is 26.7 Å². The maximum absolute atomic E-state index is 12.5. The van der Waals surface area contributed by atoms with Gasteiger partial charge in [0.2, 0.25) is 11.8 Å². The zero-order valence-electron chi connectivity index (χ0n) is 16.7. The number of hydrogen-bond donors (Lipinski definition) is 1. The Balaban J connectivity index is 2.10. The molecule has 1 heterocycles. The summed E-state index contributed by atoms with van der Waals surface area (Å²) in [6.45, 7) is 1.44. The van der Waals surface area contributed by atoms with Crippen LogP contribution in [0.25, 0.3) is 0 Å². The first-order valence-corrected chi connectivity index (χ1v) is 8.93. The lowest BCUT2D eigenvalue weighted by Crippen LogP contribution is -2.56. The molecule has 1 aromatic rings. The summed E-state index contributed by atoms with van der Waals surface area (Å²) in [7, 11) is 5.91. The molecule has 0 aliphatic carbocycles. The number of hydrogen-bond acceptors (Lipinski definition) is 7. The fraction of sp³-hybridized carbons (Fsp3) is 0.526. The van der Waals surface area contributed by atoms with Crippen LogP contribution in [0.4, 0.5) is 0 Å². The number of carbonyl (C=O) groups excluding carboxylic acids is 3. The zero-order chi connectivity index (χ0) is 20.7. The first-order chi connectivity index (χ1) is 13.4. The topological polar surface area (TPSA) is 97.4 Å². The Morgan fingerprint density at radius 3 is 2.57 bits per heavy atom. The number of nitrogens with zero attached hydrogens (tertiary/aromatic N) is 2. The highest BCUT2D eigenvalue weighted by molar-refractivity contribution is 5.90. The van der Waals surface area contributed by atoms with E-state index >= 15 is 0 Å². The van der Waals surface area contributed by atoms with Crippen LogP contribution in [-0.4, -0.2) is 81.6 Å². The van der Waals surface area contributed by atoms with E-state index in [9.17, 15) is 14.4 Å². The van der Waals surface area contributed by atoms with E-state index in [1.54, 1.807) is 14.2 Å². The maximum Gasteiger partial charge on any atom is 0.325 e. The first kappa shape index (κ1) is 21.5. The van der Waals surface area contributed by atoms with Crippen molar-refractivity contribution >= 4 is 17.8 Å². The van der Waals surface area contributed by atoms with Gasteiger partial charge >= 0.3 is 5.97 Å². The Labute approximate surface area is 164 Å². The normalized spacial score (nSPS) is 16.9. The minimum Gasteiger partial charge on any atom is -0.493 e.